The van der Waals surface area contributed by atoms with Crippen LogP contribution in [0.2, 0.25) is 0 Å². The highest BCUT2D eigenvalue weighted by Crippen LogP contribution is 2.33. The third kappa shape index (κ3) is 4.33. The first-order valence-corrected chi connectivity index (χ1v) is 11.0. The van der Waals surface area contributed by atoms with E-state index in [0.29, 0.717) is 30.9 Å². The molecule has 0 atom stereocenters. The van der Waals surface area contributed by atoms with Gasteiger partial charge < -0.3 is 14.4 Å². The van der Waals surface area contributed by atoms with Crippen LogP contribution in [0.3, 0.4) is 0 Å². The van der Waals surface area contributed by atoms with E-state index < -0.39 is 0 Å². The standard InChI is InChI=1S/C25H27N5O3/c1-16-5-7-20-18(9-16)11-19(24-26-27-28-30(20)24)14-29(23(31)12-25(2,3)4)13-17-6-8-21-22(10-17)33-15-32-21/h5-11H,12-15H2,1-4H3. The number of tetrazole rings is 1. The Morgan fingerprint density at radius 1 is 1.06 bits per heavy atom. The molecule has 2 aromatic heterocycles. The molecule has 8 heteroatoms. The Hall–Kier alpha value is -3.68. The summed E-state index contributed by atoms with van der Waals surface area (Å²) in [7, 11) is 0. The van der Waals surface area contributed by atoms with Crippen molar-refractivity contribution in [3.63, 3.8) is 0 Å². The van der Waals surface area contributed by atoms with Crippen molar-refractivity contribution in [2.24, 2.45) is 5.41 Å². The molecular weight excluding hydrogens is 418 g/mol. The number of aromatic nitrogens is 4. The average Bonchev–Trinajstić information content (AvgIpc) is 3.41. The molecule has 33 heavy (non-hydrogen) atoms. The van der Waals surface area contributed by atoms with Crippen LogP contribution in [0.5, 0.6) is 11.5 Å². The van der Waals surface area contributed by atoms with Crippen molar-refractivity contribution in [1.29, 1.82) is 0 Å². The van der Waals surface area contributed by atoms with Crippen LogP contribution in [0.25, 0.3) is 16.6 Å². The Morgan fingerprint density at radius 3 is 2.70 bits per heavy atom. The second kappa shape index (κ2) is 8.03. The Morgan fingerprint density at radius 2 is 1.88 bits per heavy atom. The van der Waals surface area contributed by atoms with Crippen LogP contribution in [0, 0.1) is 12.3 Å². The third-order valence-electron chi connectivity index (χ3n) is 5.70. The third-order valence-corrected chi connectivity index (χ3v) is 5.70. The van der Waals surface area contributed by atoms with E-state index in [1.807, 2.05) is 35.2 Å². The van der Waals surface area contributed by atoms with Crippen LogP contribution >= 0.6 is 0 Å². The van der Waals surface area contributed by atoms with Gasteiger partial charge in [-0.3, -0.25) is 4.79 Å². The average molecular weight is 446 g/mol. The Kier molecular flexibility index (Phi) is 5.15. The molecule has 1 aliphatic rings. The molecule has 170 valence electrons. The lowest BCUT2D eigenvalue weighted by Gasteiger charge is -2.27. The van der Waals surface area contributed by atoms with Crippen molar-refractivity contribution in [3.05, 3.63) is 59.2 Å². The summed E-state index contributed by atoms with van der Waals surface area (Å²) in [5.41, 5.74) is 4.51. The van der Waals surface area contributed by atoms with E-state index >= 15 is 0 Å². The van der Waals surface area contributed by atoms with Crippen LogP contribution in [-0.2, 0) is 17.9 Å². The Bertz CT molecular complexity index is 1360. The zero-order valence-corrected chi connectivity index (χ0v) is 19.3. The summed E-state index contributed by atoms with van der Waals surface area (Å²) in [5.74, 6) is 1.52. The highest BCUT2D eigenvalue weighted by Gasteiger charge is 2.24. The van der Waals surface area contributed by atoms with Gasteiger partial charge in [0, 0.05) is 30.5 Å². The number of amides is 1. The van der Waals surface area contributed by atoms with Gasteiger partial charge >= 0.3 is 0 Å². The van der Waals surface area contributed by atoms with Gasteiger partial charge in [0.2, 0.25) is 12.7 Å². The molecule has 0 radical (unpaired) electrons. The largest absolute Gasteiger partial charge is 0.454 e. The number of carbonyl (C=O) groups excluding carboxylic acids is 1. The van der Waals surface area contributed by atoms with Gasteiger partial charge in [0.1, 0.15) is 0 Å². The SMILES string of the molecule is Cc1ccc2c(c1)cc(CN(Cc1ccc3c(c1)OCO3)C(=O)CC(C)(C)C)c1nnnn12. The molecule has 0 N–H and O–H groups in total. The Balaban J connectivity index is 1.53. The number of pyridine rings is 1. The number of carbonyl (C=O) groups is 1. The Labute approximate surface area is 192 Å². The minimum atomic E-state index is -0.129. The van der Waals surface area contributed by atoms with Crippen molar-refractivity contribution in [2.75, 3.05) is 6.79 Å². The molecule has 0 bridgehead atoms. The van der Waals surface area contributed by atoms with Gasteiger partial charge in [0.25, 0.3) is 0 Å². The van der Waals surface area contributed by atoms with E-state index in [0.717, 1.165) is 33.3 Å². The first-order valence-electron chi connectivity index (χ1n) is 11.0. The van der Waals surface area contributed by atoms with E-state index in [9.17, 15) is 4.79 Å². The highest BCUT2D eigenvalue weighted by molar-refractivity contribution is 5.84. The van der Waals surface area contributed by atoms with Gasteiger partial charge in [0.15, 0.2) is 17.1 Å². The maximum Gasteiger partial charge on any atom is 0.231 e. The second-order valence-corrected chi connectivity index (χ2v) is 9.82. The smallest absolute Gasteiger partial charge is 0.231 e. The molecule has 0 spiro atoms. The minimum absolute atomic E-state index is 0.0788. The molecule has 3 heterocycles. The number of nitrogens with zero attached hydrogens (tertiary/aromatic N) is 5. The fourth-order valence-corrected chi connectivity index (χ4v) is 4.16. The summed E-state index contributed by atoms with van der Waals surface area (Å²) in [4.78, 5) is 15.3. The molecule has 0 unspecified atom stereocenters. The summed E-state index contributed by atoms with van der Waals surface area (Å²) >= 11 is 0. The molecule has 5 rings (SSSR count). The van der Waals surface area contributed by atoms with Crippen molar-refractivity contribution in [1.82, 2.24) is 24.9 Å². The summed E-state index contributed by atoms with van der Waals surface area (Å²) < 4.78 is 12.7. The fourth-order valence-electron chi connectivity index (χ4n) is 4.16. The topological polar surface area (TPSA) is 81.9 Å². The van der Waals surface area contributed by atoms with Crippen LogP contribution < -0.4 is 9.47 Å². The highest BCUT2D eigenvalue weighted by atomic mass is 16.7. The molecule has 1 amide bonds. The maximum absolute atomic E-state index is 13.4. The maximum atomic E-state index is 13.4. The predicted molar refractivity (Wildman–Crippen MR) is 124 cm³/mol. The zero-order valence-electron chi connectivity index (χ0n) is 19.3. The zero-order chi connectivity index (χ0) is 23.2. The second-order valence-electron chi connectivity index (χ2n) is 9.82. The number of aryl methyl sites for hydroxylation is 1. The van der Waals surface area contributed by atoms with Crippen LogP contribution in [0.4, 0.5) is 0 Å². The lowest BCUT2D eigenvalue weighted by atomic mass is 9.91. The molecular formula is C25H27N5O3. The number of ether oxygens (including phenoxy) is 2. The molecule has 0 saturated heterocycles. The fraction of sp³-hybridized carbons (Fsp3) is 0.360. The molecule has 1 aliphatic heterocycles. The first-order chi connectivity index (χ1) is 15.8. The summed E-state index contributed by atoms with van der Waals surface area (Å²) in [5, 5.41) is 13.4. The molecule has 2 aromatic carbocycles. The van der Waals surface area contributed by atoms with Gasteiger partial charge in [-0.1, -0.05) is 38.5 Å². The minimum Gasteiger partial charge on any atom is -0.454 e. The van der Waals surface area contributed by atoms with Crippen molar-refractivity contribution < 1.29 is 14.3 Å². The normalized spacial score (nSPS) is 13.1. The van der Waals surface area contributed by atoms with E-state index in [2.05, 4.69) is 55.4 Å². The van der Waals surface area contributed by atoms with Crippen LogP contribution in [0.1, 0.15) is 43.9 Å². The summed E-state index contributed by atoms with van der Waals surface area (Å²) in [6.07, 6.45) is 0.436. The van der Waals surface area contributed by atoms with Gasteiger partial charge in [-0.2, -0.15) is 4.52 Å². The predicted octanol–water partition coefficient (Wildman–Crippen LogP) is 4.28. The van der Waals surface area contributed by atoms with E-state index in [4.69, 9.17) is 9.47 Å². The lowest BCUT2D eigenvalue weighted by Crippen LogP contribution is -2.33. The first kappa shape index (κ1) is 21.2. The number of hydrogen-bond acceptors (Lipinski definition) is 6. The molecule has 0 fully saturated rings. The molecule has 0 saturated carbocycles. The lowest BCUT2D eigenvalue weighted by molar-refractivity contribution is -0.134. The van der Waals surface area contributed by atoms with Crippen molar-refractivity contribution in [2.45, 2.75) is 47.2 Å². The summed E-state index contributed by atoms with van der Waals surface area (Å²) in [6.45, 7) is 9.35. The quantitative estimate of drug-likeness (QED) is 0.456. The summed E-state index contributed by atoms with van der Waals surface area (Å²) in [6, 6.07) is 14.1. The molecule has 8 nitrogen and oxygen atoms in total. The van der Waals surface area contributed by atoms with E-state index in [-0.39, 0.29) is 18.1 Å². The van der Waals surface area contributed by atoms with Crippen molar-refractivity contribution in [3.8, 4) is 11.5 Å². The number of fused-ring (bicyclic) bond motifs is 4. The van der Waals surface area contributed by atoms with Gasteiger partial charge in [-0.25, -0.2) is 0 Å². The van der Waals surface area contributed by atoms with Gasteiger partial charge in [-0.15, -0.1) is 5.10 Å². The van der Waals surface area contributed by atoms with Crippen LogP contribution in [-0.4, -0.2) is 37.6 Å². The van der Waals surface area contributed by atoms with E-state index in [1.54, 1.807) is 4.52 Å². The van der Waals surface area contributed by atoms with E-state index in [1.165, 1.54) is 0 Å². The molecule has 0 aliphatic carbocycles. The van der Waals surface area contributed by atoms with Crippen LogP contribution in [0.15, 0.2) is 42.5 Å². The van der Waals surface area contributed by atoms with Crippen molar-refractivity contribution >= 4 is 22.5 Å². The van der Waals surface area contributed by atoms with Gasteiger partial charge in [-0.05, 0) is 58.7 Å². The van der Waals surface area contributed by atoms with Gasteiger partial charge in [0.05, 0.1) is 5.52 Å². The number of hydrogen-bond donors (Lipinski definition) is 0. The number of rotatable bonds is 5. The number of benzene rings is 2. The molecule has 4 aromatic rings. The monoisotopic (exact) mass is 445 g/mol.